The fraction of sp³-hybridized carbons (Fsp3) is 0.333. The number of aryl methyl sites for hydroxylation is 1. The van der Waals surface area contributed by atoms with Crippen molar-refractivity contribution in [2.45, 2.75) is 32.2 Å². The number of pyridine rings is 2. The van der Waals surface area contributed by atoms with Crippen molar-refractivity contribution in [3.05, 3.63) is 54.0 Å². The zero-order chi connectivity index (χ0) is 16.9. The minimum atomic E-state index is -0.479. The molecule has 0 radical (unpaired) electrons. The molecule has 1 aliphatic heterocycles. The topological polar surface area (TPSA) is 75.2 Å². The molecule has 1 unspecified atom stereocenters. The highest BCUT2D eigenvalue weighted by Crippen LogP contribution is 2.21. The van der Waals surface area contributed by atoms with E-state index in [9.17, 15) is 9.59 Å². The summed E-state index contributed by atoms with van der Waals surface area (Å²) in [5, 5.41) is 2.86. The third-order valence-electron chi connectivity index (χ3n) is 4.23. The van der Waals surface area contributed by atoms with E-state index in [2.05, 4.69) is 15.3 Å². The van der Waals surface area contributed by atoms with Crippen molar-refractivity contribution in [3.63, 3.8) is 0 Å². The van der Waals surface area contributed by atoms with Gasteiger partial charge in [-0.05, 0) is 49.9 Å². The van der Waals surface area contributed by atoms with Crippen LogP contribution in [0.1, 0.15) is 35.2 Å². The molecule has 3 heterocycles. The van der Waals surface area contributed by atoms with E-state index in [0.717, 1.165) is 18.4 Å². The normalized spacial score (nSPS) is 17.4. The lowest BCUT2D eigenvalue weighted by Crippen LogP contribution is -2.50. The lowest BCUT2D eigenvalue weighted by Gasteiger charge is -2.34. The van der Waals surface area contributed by atoms with E-state index in [4.69, 9.17) is 0 Å². The van der Waals surface area contributed by atoms with E-state index in [1.54, 1.807) is 29.4 Å². The highest BCUT2D eigenvalue weighted by molar-refractivity contribution is 6.01. The second kappa shape index (κ2) is 7.21. The molecule has 2 aromatic heterocycles. The Morgan fingerprint density at radius 2 is 2.04 bits per heavy atom. The second-order valence-electron chi connectivity index (χ2n) is 5.91. The molecule has 2 amide bonds. The molecular formula is C18H20N4O2. The number of hydrogen-bond donors (Lipinski definition) is 1. The number of nitrogens with one attached hydrogen (secondary N) is 1. The standard InChI is InChI=1S/C18H20N4O2/c1-13-6-4-10-20-16(13)21-17(23)15-8-2-3-11-22(15)18(24)14-7-5-9-19-12-14/h4-7,9-10,12,15H,2-3,8,11H2,1H3,(H,20,21,23). The molecule has 0 aliphatic carbocycles. The van der Waals surface area contributed by atoms with Crippen LogP contribution in [-0.2, 0) is 4.79 Å². The van der Waals surface area contributed by atoms with Crippen LogP contribution >= 0.6 is 0 Å². The quantitative estimate of drug-likeness (QED) is 0.941. The summed E-state index contributed by atoms with van der Waals surface area (Å²) in [5.41, 5.74) is 1.40. The number of anilines is 1. The third-order valence-corrected chi connectivity index (χ3v) is 4.23. The van der Waals surface area contributed by atoms with Gasteiger partial charge in [-0.1, -0.05) is 6.07 Å². The Labute approximate surface area is 140 Å². The minimum Gasteiger partial charge on any atom is -0.327 e. The summed E-state index contributed by atoms with van der Waals surface area (Å²) in [7, 11) is 0. The number of hydrogen-bond acceptors (Lipinski definition) is 4. The van der Waals surface area contributed by atoms with Crippen LogP contribution in [0, 0.1) is 6.92 Å². The minimum absolute atomic E-state index is 0.152. The van der Waals surface area contributed by atoms with Crippen molar-refractivity contribution >= 4 is 17.6 Å². The van der Waals surface area contributed by atoms with Gasteiger partial charge in [-0.25, -0.2) is 4.98 Å². The van der Waals surface area contributed by atoms with Gasteiger partial charge in [0.1, 0.15) is 11.9 Å². The molecule has 0 bridgehead atoms. The summed E-state index contributed by atoms with van der Waals surface area (Å²) in [6, 6.07) is 6.69. The second-order valence-corrected chi connectivity index (χ2v) is 5.91. The summed E-state index contributed by atoms with van der Waals surface area (Å²) >= 11 is 0. The highest BCUT2D eigenvalue weighted by Gasteiger charge is 2.33. The molecule has 0 spiro atoms. The van der Waals surface area contributed by atoms with Crippen molar-refractivity contribution in [1.29, 1.82) is 0 Å². The summed E-state index contributed by atoms with van der Waals surface area (Å²) in [4.78, 5) is 35.3. The molecule has 1 saturated heterocycles. The highest BCUT2D eigenvalue weighted by atomic mass is 16.2. The zero-order valence-corrected chi connectivity index (χ0v) is 13.6. The van der Waals surface area contributed by atoms with Crippen LogP contribution < -0.4 is 5.32 Å². The molecule has 1 aliphatic rings. The Balaban J connectivity index is 1.78. The number of carbonyl (C=O) groups is 2. The van der Waals surface area contributed by atoms with Crippen LogP contribution in [0.4, 0.5) is 5.82 Å². The summed E-state index contributed by atoms with van der Waals surface area (Å²) in [6.07, 6.45) is 7.29. The van der Waals surface area contributed by atoms with E-state index in [-0.39, 0.29) is 11.8 Å². The molecule has 6 nitrogen and oxygen atoms in total. The third kappa shape index (κ3) is 3.42. The average molecular weight is 324 g/mol. The van der Waals surface area contributed by atoms with E-state index in [0.29, 0.717) is 24.3 Å². The van der Waals surface area contributed by atoms with Gasteiger partial charge < -0.3 is 10.2 Å². The van der Waals surface area contributed by atoms with Gasteiger partial charge in [-0.15, -0.1) is 0 Å². The van der Waals surface area contributed by atoms with Crippen molar-refractivity contribution in [2.75, 3.05) is 11.9 Å². The summed E-state index contributed by atoms with van der Waals surface area (Å²) < 4.78 is 0. The Hall–Kier alpha value is -2.76. The largest absolute Gasteiger partial charge is 0.327 e. The molecule has 6 heteroatoms. The molecule has 1 N–H and O–H groups in total. The number of likely N-dealkylation sites (tertiary alicyclic amines) is 1. The summed E-state index contributed by atoms with van der Waals surface area (Å²) in [6.45, 7) is 2.47. The Kier molecular flexibility index (Phi) is 4.84. The van der Waals surface area contributed by atoms with Crippen LogP contribution in [0.25, 0.3) is 0 Å². The maximum atomic E-state index is 12.7. The maximum absolute atomic E-state index is 12.7. The number of aromatic nitrogens is 2. The Morgan fingerprint density at radius 3 is 2.79 bits per heavy atom. The lowest BCUT2D eigenvalue weighted by molar-refractivity contribution is -0.121. The number of rotatable bonds is 3. The Bertz CT molecular complexity index is 733. The van der Waals surface area contributed by atoms with E-state index >= 15 is 0 Å². The Morgan fingerprint density at radius 1 is 1.21 bits per heavy atom. The van der Waals surface area contributed by atoms with Gasteiger partial charge in [-0.3, -0.25) is 14.6 Å². The first kappa shape index (κ1) is 16.1. The van der Waals surface area contributed by atoms with Crippen molar-refractivity contribution < 1.29 is 9.59 Å². The first-order valence-electron chi connectivity index (χ1n) is 8.10. The number of nitrogens with zero attached hydrogens (tertiary/aromatic N) is 3. The average Bonchev–Trinajstić information content (AvgIpc) is 2.63. The van der Waals surface area contributed by atoms with E-state index < -0.39 is 6.04 Å². The molecule has 0 aromatic carbocycles. The predicted octanol–water partition coefficient (Wildman–Crippen LogP) is 2.42. The van der Waals surface area contributed by atoms with E-state index in [1.165, 1.54) is 6.20 Å². The monoisotopic (exact) mass is 324 g/mol. The molecule has 124 valence electrons. The van der Waals surface area contributed by atoms with Crippen LogP contribution in [0.5, 0.6) is 0 Å². The van der Waals surface area contributed by atoms with Gasteiger partial charge in [0.2, 0.25) is 5.91 Å². The van der Waals surface area contributed by atoms with Crippen molar-refractivity contribution in [2.24, 2.45) is 0 Å². The SMILES string of the molecule is Cc1cccnc1NC(=O)C1CCCCN1C(=O)c1cccnc1. The van der Waals surface area contributed by atoms with Crippen LogP contribution in [0.3, 0.4) is 0 Å². The zero-order valence-electron chi connectivity index (χ0n) is 13.6. The molecule has 0 saturated carbocycles. The van der Waals surface area contributed by atoms with Gasteiger partial charge >= 0.3 is 0 Å². The first-order chi connectivity index (χ1) is 11.7. The number of carbonyl (C=O) groups excluding carboxylic acids is 2. The number of amides is 2. The molecule has 1 atom stereocenters. The fourth-order valence-corrected chi connectivity index (χ4v) is 2.92. The maximum Gasteiger partial charge on any atom is 0.256 e. The van der Waals surface area contributed by atoms with Gasteiger partial charge in [0.25, 0.3) is 5.91 Å². The lowest BCUT2D eigenvalue weighted by atomic mass is 10.00. The number of piperidine rings is 1. The van der Waals surface area contributed by atoms with Gasteiger partial charge in [-0.2, -0.15) is 0 Å². The van der Waals surface area contributed by atoms with E-state index in [1.807, 2.05) is 19.1 Å². The molecule has 1 fully saturated rings. The molecule has 3 rings (SSSR count). The van der Waals surface area contributed by atoms with Gasteiger partial charge in [0.05, 0.1) is 5.56 Å². The van der Waals surface area contributed by atoms with Crippen molar-refractivity contribution in [1.82, 2.24) is 14.9 Å². The van der Waals surface area contributed by atoms with Crippen LogP contribution in [0.15, 0.2) is 42.9 Å². The van der Waals surface area contributed by atoms with Crippen molar-refractivity contribution in [3.8, 4) is 0 Å². The van der Waals surface area contributed by atoms with Gasteiger partial charge in [0, 0.05) is 25.1 Å². The summed E-state index contributed by atoms with van der Waals surface area (Å²) in [5.74, 6) is 0.205. The smallest absolute Gasteiger partial charge is 0.256 e. The first-order valence-corrected chi connectivity index (χ1v) is 8.10. The van der Waals surface area contributed by atoms with Crippen LogP contribution in [0.2, 0.25) is 0 Å². The molecule has 24 heavy (non-hydrogen) atoms. The van der Waals surface area contributed by atoms with Gasteiger partial charge in [0.15, 0.2) is 0 Å². The molecular weight excluding hydrogens is 304 g/mol. The molecule has 2 aromatic rings. The van der Waals surface area contributed by atoms with Crippen LogP contribution in [-0.4, -0.2) is 39.3 Å². The predicted molar refractivity (Wildman–Crippen MR) is 90.5 cm³/mol. The fourth-order valence-electron chi connectivity index (χ4n) is 2.92.